The second kappa shape index (κ2) is 8.00. The van der Waals surface area contributed by atoms with E-state index in [1.54, 1.807) is 0 Å². The third-order valence-electron chi connectivity index (χ3n) is 5.47. The summed E-state index contributed by atoms with van der Waals surface area (Å²) in [5.41, 5.74) is 0.234. The van der Waals surface area contributed by atoms with E-state index in [9.17, 15) is 22.8 Å². The van der Waals surface area contributed by atoms with Crippen LogP contribution in [0.2, 0.25) is 0 Å². The standard InChI is InChI=1S/C19H24N2O6S/c1-11(18(23)21-15-6-3-7-16(10-15)28(20,25)26)27-19(24)14-8-12-4-2-5-13(9-14)17(12)22/h3,6-7,10-14H,2,4-5,8-9H2,1H3,(H,21,23)(H2,20,25,26)/t11-,12-,13+,14?/m1/s1. The molecule has 2 fully saturated rings. The van der Waals surface area contributed by atoms with Gasteiger partial charge in [-0.25, -0.2) is 13.6 Å². The number of rotatable bonds is 5. The van der Waals surface area contributed by atoms with Crippen LogP contribution >= 0.6 is 0 Å². The fourth-order valence-corrected chi connectivity index (χ4v) is 4.55. The van der Waals surface area contributed by atoms with E-state index in [-0.39, 0.29) is 34.1 Å². The molecule has 1 aromatic carbocycles. The van der Waals surface area contributed by atoms with E-state index >= 15 is 0 Å². The topological polar surface area (TPSA) is 133 Å². The predicted octanol–water partition coefficient (Wildman–Crippen LogP) is 1.60. The number of benzene rings is 1. The Hall–Kier alpha value is -2.26. The summed E-state index contributed by atoms with van der Waals surface area (Å²) in [5, 5.41) is 7.60. The van der Waals surface area contributed by atoms with Crippen molar-refractivity contribution in [1.82, 2.24) is 0 Å². The fourth-order valence-electron chi connectivity index (χ4n) is 3.99. The maximum Gasteiger partial charge on any atom is 0.309 e. The Morgan fingerprint density at radius 2 is 1.86 bits per heavy atom. The Kier molecular flexibility index (Phi) is 5.85. The lowest BCUT2D eigenvalue weighted by Gasteiger charge is -2.36. The van der Waals surface area contributed by atoms with Crippen molar-refractivity contribution in [3.8, 4) is 0 Å². The van der Waals surface area contributed by atoms with Crippen molar-refractivity contribution >= 4 is 33.4 Å². The van der Waals surface area contributed by atoms with Crippen LogP contribution in [0.25, 0.3) is 0 Å². The number of hydrogen-bond donors (Lipinski definition) is 2. The first-order chi connectivity index (χ1) is 13.1. The number of carbonyl (C=O) groups is 3. The number of hydrogen-bond acceptors (Lipinski definition) is 6. The molecule has 2 aliphatic rings. The predicted molar refractivity (Wildman–Crippen MR) is 101 cm³/mol. The number of nitrogens with one attached hydrogen (secondary N) is 1. The summed E-state index contributed by atoms with van der Waals surface area (Å²) < 4.78 is 28.1. The number of amides is 1. The minimum Gasteiger partial charge on any atom is -0.452 e. The number of fused-ring (bicyclic) bond motifs is 2. The number of carbonyl (C=O) groups excluding carboxylic acids is 3. The maximum absolute atomic E-state index is 12.5. The number of sulfonamides is 1. The van der Waals surface area contributed by atoms with Gasteiger partial charge in [-0.2, -0.15) is 0 Å². The monoisotopic (exact) mass is 408 g/mol. The molecule has 0 aromatic heterocycles. The zero-order valence-corrected chi connectivity index (χ0v) is 16.4. The van der Waals surface area contributed by atoms with Gasteiger partial charge in [-0.3, -0.25) is 14.4 Å². The van der Waals surface area contributed by atoms with Gasteiger partial charge < -0.3 is 10.1 Å². The van der Waals surface area contributed by atoms with Crippen LogP contribution in [-0.2, 0) is 29.1 Å². The average molecular weight is 408 g/mol. The number of anilines is 1. The molecule has 3 rings (SSSR count). The molecule has 28 heavy (non-hydrogen) atoms. The second-order valence-electron chi connectivity index (χ2n) is 7.54. The molecule has 0 saturated heterocycles. The van der Waals surface area contributed by atoms with Crippen LogP contribution in [0.4, 0.5) is 5.69 Å². The Bertz CT molecular complexity index is 881. The summed E-state index contributed by atoms with van der Waals surface area (Å²) in [6.45, 7) is 1.45. The Morgan fingerprint density at radius 1 is 1.21 bits per heavy atom. The highest BCUT2D eigenvalue weighted by atomic mass is 32.2. The first-order valence-corrected chi connectivity index (χ1v) is 10.9. The molecule has 4 atom stereocenters. The summed E-state index contributed by atoms with van der Waals surface area (Å²) >= 11 is 0. The van der Waals surface area contributed by atoms with Gasteiger partial charge in [-0.05, 0) is 50.8 Å². The third kappa shape index (κ3) is 4.59. The molecule has 2 aliphatic carbocycles. The van der Waals surface area contributed by atoms with Gasteiger partial charge in [-0.15, -0.1) is 0 Å². The molecule has 1 aromatic rings. The van der Waals surface area contributed by atoms with E-state index in [0.29, 0.717) is 12.8 Å². The molecule has 3 N–H and O–H groups in total. The van der Waals surface area contributed by atoms with Crippen molar-refractivity contribution in [2.45, 2.75) is 50.0 Å². The molecule has 0 spiro atoms. The number of primary sulfonamides is 1. The first kappa shape index (κ1) is 20.5. The first-order valence-electron chi connectivity index (χ1n) is 9.33. The Balaban J connectivity index is 1.58. The van der Waals surface area contributed by atoms with Gasteiger partial charge in [0, 0.05) is 17.5 Å². The Morgan fingerprint density at radius 3 is 2.46 bits per heavy atom. The maximum atomic E-state index is 12.5. The lowest BCUT2D eigenvalue weighted by Crippen LogP contribution is -2.41. The molecule has 0 heterocycles. The van der Waals surface area contributed by atoms with Crippen LogP contribution in [0.1, 0.15) is 39.0 Å². The largest absolute Gasteiger partial charge is 0.452 e. The van der Waals surface area contributed by atoms with E-state index in [4.69, 9.17) is 9.88 Å². The normalized spacial score (nSPS) is 25.6. The van der Waals surface area contributed by atoms with Crippen LogP contribution in [0.3, 0.4) is 0 Å². The number of Topliss-reactive ketones (excluding diaryl/α,β-unsaturated/α-hetero) is 1. The molecule has 2 saturated carbocycles. The summed E-state index contributed by atoms with van der Waals surface area (Å²) in [6, 6.07) is 5.50. The molecule has 2 bridgehead atoms. The highest BCUT2D eigenvalue weighted by Crippen LogP contribution is 2.40. The second-order valence-corrected chi connectivity index (χ2v) is 9.10. The lowest BCUT2D eigenvalue weighted by atomic mass is 9.67. The van der Waals surface area contributed by atoms with Crippen molar-refractivity contribution in [3.63, 3.8) is 0 Å². The van der Waals surface area contributed by atoms with Gasteiger partial charge in [0.2, 0.25) is 10.0 Å². The smallest absolute Gasteiger partial charge is 0.309 e. The molecule has 0 radical (unpaired) electrons. The minimum atomic E-state index is -3.89. The van der Waals surface area contributed by atoms with E-state index in [1.165, 1.54) is 31.2 Å². The summed E-state index contributed by atoms with van der Waals surface area (Å²) in [5.74, 6) is -1.30. The highest BCUT2D eigenvalue weighted by molar-refractivity contribution is 7.89. The van der Waals surface area contributed by atoms with Crippen LogP contribution < -0.4 is 10.5 Å². The van der Waals surface area contributed by atoms with Crippen LogP contribution in [0, 0.1) is 17.8 Å². The van der Waals surface area contributed by atoms with E-state index in [0.717, 1.165) is 19.3 Å². The summed E-state index contributed by atoms with van der Waals surface area (Å²) in [6.07, 6.45) is 2.56. The quantitative estimate of drug-likeness (QED) is 0.711. The SMILES string of the molecule is C[C@@H](OC(=O)C1C[C@H]2CCC[C@@H](C1)C2=O)C(=O)Nc1cccc(S(N)(=O)=O)c1. The third-order valence-corrected chi connectivity index (χ3v) is 6.38. The molecular weight excluding hydrogens is 384 g/mol. The molecule has 0 aliphatic heterocycles. The molecule has 8 nitrogen and oxygen atoms in total. The van der Waals surface area contributed by atoms with Gasteiger partial charge >= 0.3 is 5.97 Å². The molecule has 1 amide bonds. The van der Waals surface area contributed by atoms with E-state index < -0.39 is 28.0 Å². The lowest BCUT2D eigenvalue weighted by molar-refractivity contribution is -0.161. The van der Waals surface area contributed by atoms with Gasteiger partial charge in [-0.1, -0.05) is 12.5 Å². The number of esters is 1. The van der Waals surface area contributed by atoms with Gasteiger partial charge in [0.15, 0.2) is 6.10 Å². The number of ether oxygens (including phenoxy) is 1. The van der Waals surface area contributed by atoms with E-state index in [1.807, 2.05) is 0 Å². The van der Waals surface area contributed by atoms with Crippen LogP contribution in [0.15, 0.2) is 29.2 Å². The molecule has 9 heteroatoms. The minimum absolute atomic E-state index is 0.0739. The van der Waals surface area contributed by atoms with Gasteiger partial charge in [0.25, 0.3) is 5.91 Å². The van der Waals surface area contributed by atoms with E-state index in [2.05, 4.69) is 5.32 Å². The molecule has 1 unspecified atom stereocenters. The van der Waals surface area contributed by atoms with Crippen molar-refractivity contribution < 1.29 is 27.5 Å². The van der Waals surface area contributed by atoms with Crippen molar-refractivity contribution in [1.29, 1.82) is 0 Å². The van der Waals surface area contributed by atoms with Crippen LogP contribution in [-0.4, -0.2) is 32.2 Å². The van der Waals surface area contributed by atoms with Gasteiger partial charge in [0.1, 0.15) is 5.78 Å². The number of nitrogens with two attached hydrogens (primary N) is 1. The Labute approximate surface area is 163 Å². The zero-order valence-electron chi connectivity index (χ0n) is 15.6. The fraction of sp³-hybridized carbons (Fsp3) is 0.526. The molecular formula is C19H24N2O6S. The van der Waals surface area contributed by atoms with Crippen molar-refractivity contribution in [2.75, 3.05) is 5.32 Å². The van der Waals surface area contributed by atoms with Crippen molar-refractivity contribution in [3.05, 3.63) is 24.3 Å². The summed E-state index contributed by atoms with van der Waals surface area (Å²) in [4.78, 5) is 36.8. The molecule has 152 valence electrons. The zero-order chi connectivity index (χ0) is 20.5. The van der Waals surface area contributed by atoms with Gasteiger partial charge in [0.05, 0.1) is 10.8 Å². The highest BCUT2D eigenvalue weighted by Gasteiger charge is 2.42. The average Bonchev–Trinajstić information content (AvgIpc) is 2.60. The number of ketones is 1. The summed E-state index contributed by atoms with van der Waals surface area (Å²) in [7, 11) is -3.89. The van der Waals surface area contributed by atoms with Crippen molar-refractivity contribution in [2.24, 2.45) is 22.9 Å². The van der Waals surface area contributed by atoms with Crippen LogP contribution in [0.5, 0.6) is 0 Å².